The van der Waals surface area contributed by atoms with E-state index in [-0.39, 0.29) is 16.5 Å². The number of sulfonamides is 1. The lowest BCUT2D eigenvalue weighted by atomic mass is 10.2. The van der Waals surface area contributed by atoms with E-state index in [1.807, 2.05) is 4.72 Å². The summed E-state index contributed by atoms with van der Waals surface area (Å²) in [6.45, 7) is 0. The summed E-state index contributed by atoms with van der Waals surface area (Å²) >= 11 is 0. The van der Waals surface area contributed by atoms with Crippen molar-refractivity contribution in [1.29, 1.82) is 0 Å². The Hall–Kier alpha value is -1.36. The molecule has 0 fully saturated rings. The maximum Gasteiger partial charge on any atom is 0.266 e. The Morgan fingerprint density at radius 1 is 1.42 bits per heavy atom. The smallest absolute Gasteiger partial charge is 0.266 e. The molecular weight excluding hydrogens is 178 g/mol. The van der Waals surface area contributed by atoms with Crippen LogP contribution in [0.4, 0.5) is 0 Å². The first-order valence-corrected chi connectivity index (χ1v) is 4.67. The summed E-state index contributed by atoms with van der Waals surface area (Å²) in [5, 5.41) is 0. The minimum Gasteiger partial charge on any atom is -0.268 e. The SMILES string of the molecule is [3H]c1cccc2c1S(=O)(=O)NC2=O. The van der Waals surface area contributed by atoms with Gasteiger partial charge in [-0.2, -0.15) is 0 Å². The van der Waals surface area contributed by atoms with E-state index in [0.717, 1.165) is 0 Å². The summed E-state index contributed by atoms with van der Waals surface area (Å²) < 4.78 is 31.6. The van der Waals surface area contributed by atoms with Crippen LogP contribution in [0.1, 0.15) is 11.7 Å². The van der Waals surface area contributed by atoms with Gasteiger partial charge in [0.05, 0.1) is 6.93 Å². The van der Waals surface area contributed by atoms with Gasteiger partial charge >= 0.3 is 0 Å². The summed E-state index contributed by atoms with van der Waals surface area (Å²) in [5.74, 6) is -0.663. The van der Waals surface area contributed by atoms with Crippen molar-refractivity contribution in [3.05, 3.63) is 29.8 Å². The Kier molecular flexibility index (Phi) is 1.07. The van der Waals surface area contributed by atoms with Gasteiger partial charge in [0.25, 0.3) is 15.9 Å². The summed E-state index contributed by atoms with van der Waals surface area (Å²) in [5.41, 5.74) is 0.0486. The molecule has 1 aliphatic rings. The van der Waals surface area contributed by atoms with Crippen LogP contribution in [0, 0.1) is 0 Å². The van der Waals surface area contributed by atoms with E-state index in [4.69, 9.17) is 1.37 Å². The fourth-order valence-corrected chi connectivity index (χ4v) is 2.18. The molecule has 0 radical (unpaired) electrons. The van der Waals surface area contributed by atoms with Crippen molar-refractivity contribution in [2.75, 3.05) is 0 Å². The van der Waals surface area contributed by atoms with Gasteiger partial charge in [-0.25, -0.2) is 13.1 Å². The number of hydrogen-bond acceptors (Lipinski definition) is 3. The average Bonchev–Trinajstić information content (AvgIpc) is 2.24. The molecule has 0 unspecified atom stereocenters. The highest BCUT2D eigenvalue weighted by Crippen LogP contribution is 2.20. The van der Waals surface area contributed by atoms with Crippen molar-refractivity contribution in [3.8, 4) is 0 Å². The lowest BCUT2D eigenvalue weighted by Gasteiger charge is -1.91. The van der Waals surface area contributed by atoms with E-state index >= 15 is 0 Å². The molecule has 0 spiro atoms. The molecule has 1 aromatic carbocycles. The van der Waals surface area contributed by atoms with Crippen molar-refractivity contribution in [2.45, 2.75) is 4.90 Å². The van der Waals surface area contributed by atoms with Crippen molar-refractivity contribution in [3.63, 3.8) is 0 Å². The molecule has 12 heavy (non-hydrogen) atoms. The van der Waals surface area contributed by atoms with E-state index in [9.17, 15) is 13.2 Å². The van der Waals surface area contributed by atoms with E-state index in [0.29, 0.717) is 0 Å². The molecule has 4 nitrogen and oxygen atoms in total. The molecule has 0 bridgehead atoms. The summed E-state index contributed by atoms with van der Waals surface area (Å²) in [4.78, 5) is 10.8. The van der Waals surface area contributed by atoms with Crippen LogP contribution in [0.15, 0.2) is 29.1 Å². The molecule has 5 heteroatoms. The first-order chi connectivity index (χ1) is 6.02. The van der Waals surface area contributed by atoms with Gasteiger partial charge in [-0.15, -0.1) is 0 Å². The van der Waals surface area contributed by atoms with Crippen molar-refractivity contribution in [2.24, 2.45) is 0 Å². The Balaban J connectivity index is 2.89. The monoisotopic (exact) mass is 185 g/mol. The third kappa shape index (κ3) is 0.831. The zero-order valence-corrected chi connectivity index (χ0v) is 6.68. The summed E-state index contributed by atoms with van der Waals surface area (Å²) in [6.07, 6.45) is 0. The predicted octanol–water partition coefficient (Wildman–Crippen LogP) is 0.119. The van der Waals surface area contributed by atoms with Gasteiger partial charge in [0.15, 0.2) is 0 Å². The molecule has 1 aliphatic heterocycles. The topological polar surface area (TPSA) is 63.2 Å². The third-order valence-corrected chi connectivity index (χ3v) is 2.89. The van der Waals surface area contributed by atoms with Crippen molar-refractivity contribution < 1.29 is 14.6 Å². The standard InChI is InChI=1S/C7H5NO3S/c9-7-5-3-1-2-4-6(5)12(10,11)8-7/h1-4H,(H,8,9)/i4T. The van der Waals surface area contributed by atoms with Crippen LogP contribution in [0.3, 0.4) is 0 Å². The Morgan fingerprint density at radius 3 is 2.83 bits per heavy atom. The molecule has 1 heterocycles. The van der Waals surface area contributed by atoms with Gasteiger partial charge in [-0.1, -0.05) is 12.1 Å². The molecule has 1 amide bonds. The van der Waals surface area contributed by atoms with Crippen LogP contribution in [-0.2, 0) is 10.0 Å². The van der Waals surface area contributed by atoms with Crippen LogP contribution in [0.5, 0.6) is 0 Å². The highest BCUT2D eigenvalue weighted by atomic mass is 32.2. The number of rotatable bonds is 0. The molecule has 1 aromatic rings. The van der Waals surface area contributed by atoms with Gasteiger partial charge in [0.2, 0.25) is 0 Å². The van der Waals surface area contributed by atoms with Crippen LogP contribution in [0.25, 0.3) is 0 Å². The molecule has 0 aromatic heterocycles. The first kappa shape index (κ1) is 6.19. The van der Waals surface area contributed by atoms with E-state index < -0.39 is 15.9 Å². The lowest BCUT2D eigenvalue weighted by Crippen LogP contribution is -2.20. The van der Waals surface area contributed by atoms with Gasteiger partial charge in [0.1, 0.15) is 4.90 Å². The normalized spacial score (nSPS) is 19.7. The number of carbonyl (C=O) groups excluding carboxylic acids is 1. The maximum atomic E-state index is 11.2. The Labute approximate surface area is 70.7 Å². The zero-order valence-electron chi connectivity index (χ0n) is 6.87. The molecule has 0 atom stereocenters. The number of fused-ring (bicyclic) bond motifs is 1. The minimum atomic E-state index is -3.77. The van der Waals surface area contributed by atoms with Crippen LogP contribution in [0.2, 0.25) is 0 Å². The molecule has 0 aliphatic carbocycles. The fourth-order valence-electron chi connectivity index (χ4n) is 1.05. The second kappa shape index (κ2) is 2.07. The van der Waals surface area contributed by atoms with Crippen molar-refractivity contribution >= 4 is 15.9 Å². The molecule has 62 valence electrons. The largest absolute Gasteiger partial charge is 0.268 e. The van der Waals surface area contributed by atoms with Gasteiger partial charge < -0.3 is 0 Å². The lowest BCUT2D eigenvalue weighted by molar-refractivity contribution is 0.0985. The predicted molar refractivity (Wildman–Crippen MR) is 41.1 cm³/mol. The maximum absolute atomic E-state index is 11.2. The number of nitrogens with one attached hydrogen (secondary N) is 1. The molecular formula is C7H5NO3S. The average molecular weight is 185 g/mol. The fraction of sp³-hybridized carbons (Fsp3) is 0. The van der Waals surface area contributed by atoms with Gasteiger partial charge in [-0.05, 0) is 12.1 Å². The van der Waals surface area contributed by atoms with Gasteiger partial charge in [0, 0.05) is 0 Å². The molecule has 0 saturated carbocycles. The zero-order chi connectivity index (χ0) is 9.64. The number of carbonyl (C=O) groups is 1. The Morgan fingerprint density at radius 2 is 2.17 bits per heavy atom. The van der Waals surface area contributed by atoms with Crippen LogP contribution < -0.4 is 4.72 Å². The second-order valence-electron chi connectivity index (χ2n) is 2.35. The number of amides is 1. The van der Waals surface area contributed by atoms with Crippen molar-refractivity contribution in [1.82, 2.24) is 4.72 Å². The minimum absolute atomic E-state index is 0.0486. The van der Waals surface area contributed by atoms with E-state index in [2.05, 4.69) is 0 Å². The third-order valence-electron chi connectivity index (χ3n) is 1.56. The first-order valence-electron chi connectivity index (χ1n) is 3.69. The summed E-state index contributed by atoms with van der Waals surface area (Å²) in [6, 6.07) is 4.03. The summed E-state index contributed by atoms with van der Waals surface area (Å²) in [7, 11) is -3.77. The van der Waals surface area contributed by atoms with Gasteiger partial charge in [-0.3, -0.25) is 4.79 Å². The highest BCUT2D eigenvalue weighted by Gasteiger charge is 2.31. The second-order valence-corrected chi connectivity index (χ2v) is 3.97. The quantitative estimate of drug-likeness (QED) is 0.624. The van der Waals surface area contributed by atoms with E-state index in [1.54, 1.807) is 0 Å². The highest BCUT2D eigenvalue weighted by molar-refractivity contribution is 7.90. The Bertz CT molecular complexity index is 494. The number of hydrogen-bond donors (Lipinski definition) is 1. The molecule has 2 rings (SSSR count). The molecule has 0 saturated heterocycles. The van der Waals surface area contributed by atoms with E-state index in [1.165, 1.54) is 18.2 Å². The van der Waals surface area contributed by atoms with Crippen LogP contribution >= 0.6 is 0 Å². The molecule has 1 N–H and O–H groups in total. The van der Waals surface area contributed by atoms with Crippen LogP contribution in [-0.4, -0.2) is 14.3 Å². The number of benzene rings is 1.